The molecule has 0 aliphatic heterocycles. The lowest BCUT2D eigenvalue weighted by atomic mass is 10.2. The summed E-state index contributed by atoms with van der Waals surface area (Å²) in [6, 6.07) is 14.1. The van der Waals surface area contributed by atoms with Crippen LogP contribution in [0.3, 0.4) is 0 Å². The van der Waals surface area contributed by atoms with Crippen LogP contribution in [0.5, 0.6) is 5.75 Å². The lowest BCUT2D eigenvalue weighted by molar-refractivity contribution is -0.119. The van der Waals surface area contributed by atoms with E-state index in [1.165, 1.54) is 23.9 Å². The molecule has 0 aromatic heterocycles. The maximum atomic E-state index is 12.8. The van der Waals surface area contributed by atoms with Gasteiger partial charge in [-0.1, -0.05) is 30.3 Å². The van der Waals surface area contributed by atoms with Gasteiger partial charge in [-0.25, -0.2) is 4.39 Å². The van der Waals surface area contributed by atoms with Crippen molar-refractivity contribution < 1.29 is 13.9 Å². The van der Waals surface area contributed by atoms with E-state index in [0.717, 1.165) is 16.9 Å². The number of halogens is 1. The van der Waals surface area contributed by atoms with Crippen LogP contribution < -0.4 is 10.1 Å². The molecule has 0 bridgehead atoms. The predicted molar refractivity (Wildman–Crippen MR) is 96.8 cm³/mol. The molecule has 0 spiro atoms. The van der Waals surface area contributed by atoms with E-state index in [4.69, 9.17) is 4.74 Å². The largest absolute Gasteiger partial charge is 0.491 e. The fourth-order valence-corrected chi connectivity index (χ4v) is 2.93. The third kappa shape index (κ3) is 6.24. The van der Waals surface area contributed by atoms with Crippen molar-refractivity contribution in [3.63, 3.8) is 0 Å². The van der Waals surface area contributed by atoms with Crippen LogP contribution in [0.15, 0.2) is 48.5 Å². The highest BCUT2D eigenvalue weighted by molar-refractivity contribution is 7.99. The van der Waals surface area contributed by atoms with Crippen LogP contribution in [-0.4, -0.2) is 24.3 Å². The van der Waals surface area contributed by atoms with Crippen molar-refractivity contribution in [2.24, 2.45) is 0 Å². The summed E-state index contributed by atoms with van der Waals surface area (Å²) in [7, 11) is 0. The minimum absolute atomic E-state index is 0.0250. The number of carbonyl (C=O) groups is 1. The number of hydrogen-bond donors (Lipinski definition) is 1. The van der Waals surface area contributed by atoms with Gasteiger partial charge in [-0.2, -0.15) is 0 Å². The van der Waals surface area contributed by atoms with E-state index >= 15 is 0 Å². The number of rotatable bonds is 8. The first-order valence-electron chi connectivity index (χ1n) is 7.84. The molecule has 0 radical (unpaired) electrons. The number of hydrogen-bond acceptors (Lipinski definition) is 3. The third-order valence-corrected chi connectivity index (χ3v) is 4.41. The van der Waals surface area contributed by atoms with Gasteiger partial charge in [-0.05, 0) is 43.2 Å². The maximum Gasteiger partial charge on any atom is 0.230 e. The molecule has 2 aromatic rings. The second-order valence-electron chi connectivity index (χ2n) is 5.66. The second-order valence-corrected chi connectivity index (χ2v) is 6.65. The number of nitrogens with one attached hydrogen (secondary N) is 1. The normalized spacial score (nSPS) is 11.8. The van der Waals surface area contributed by atoms with Crippen molar-refractivity contribution in [1.82, 2.24) is 5.32 Å². The first kappa shape index (κ1) is 18.3. The Kier molecular flexibility index (Phi) is 7.12. The summed E-state index contributed by atoms with van der Waals surface area (Å²) in [5.74, 6) is 1.62. The minimum atomic E-state index is -0.246. The number of ether oxygens (including phenoxy) is 1. The van der Waals surface area contributed by atoms with Crippen molar-refractivity contribution in [2.75, 3.05) is 12.4 Å². The molecule has 1 atom stereocenters. The highest BCUT2D eigenvalue weighted by Crippen LogP contribution is 2.16. The quantitative estimate of drug-likeness (QED) is 0.786. The molecule has 1 amide bonds. The summed E-state index contributed by atoms with van der Waals surface area (Å²) in [5.41, 5.74) is 2.08. The Morgan fingerprint density at radius 3 is 2.62 bits per heavy atom. The molecule has 2 rings (SSSR count). The average molecular weight is 347 g/mol. The molecule has 0 heterocycles. The smallest absolute Gasteiger partial charge is 0.230 e. The average Bonchev–Trinajstić information content (AvgIpc) is 2.56. The fraction of sp³-hybridized carbons (Fsp3) is 0.316. The van der Waals surface area contributed by atoms with E-state index in [-0.39, 0.29) is 17.8 Å². The molecule has 0 saturated heterocycles. The summed E-state index contributed by atoms with van der Waals surface area (Å²) in [6.45, 7) is 4.34. The lowest BCUT2D eigenvalue weighted by Crippen LogP contribution is -2.37. The summed E-state index contributed by atoms with van der Waals surface area (Å²) in [4.78, 5) is 11.9. The minimum Gasteiger partial charge on any atom is -0.491 e. The van der Waals surface area contributed by atoms with Crippen molar-refractivity contribution in [1.29, 1.82) is 0 Å². The monoisotopic (exact) mass is 347 g/mol. The highest BCUT2D eigenvalue weighted by atomic mass is 32.2. The van der Waals surface area contributed by atoms with Crippen LogP contribution in [0.2, 0.25) is 0 Å². The number of aryl methyl sites for hydroxylation is 1. The summed E-state index contributed by atoms with van der Waals surface area (Å²) >= 11 is 1.50. The molecule has 3 nitrogen and oxygen atoms in total. The molecular formula is C19H22FNO2S. The summed E-state index contributed by atoms with van der Waals surface area (Å²) in [5, 5.41) is 2.92. The second kappa shape index (κ2) is 9.33. The summed E-state index contributed by atoms with van der Waals surface area (Å²) in [6.07, 6.45) is 0. The van der Waals surface area contributed by atoms with Gasteiger partial charge in [0.05, 0.1) is 11.8 Å². The van der Waals surface area contributed by atoms with Crippen LogP contribution in [-0.2, 0) is 10.5 Å². The molecule has 1 N–H and O–H groups in total. The van der Waals surface area contributed by atoms with Crippen LogP contribution >= 0.6 is 11.8 Å². The zero-order valence-electron chi connectivity index (χ0n) is 13.9. The Hall–Kier alpha value is -2.01. The molecule has 5 heteroatoms. The lowest BCUT2D eigenvalue weighted by Gasteiger charge is -2.16. The number of benzene rings is 2. The molecule has 0 fully saturated rings. The summed E-state index contributed by atoms with van der Waals surface area (Å²) < 4.78 is 18.5. The van der Waals surface area contributed by atoms with Crippen molar-refractivity contribution in [2.45, 2.75) is 25.6 Å². The SMILES string of the molecule is Cc1ccccc1OCC(C)NC(=O)CSCc1ccc(F)cc1. The Morgan fingerprint density at radius 2 is 1.92 bits per heavy atom. The van der Waals surface area contributed by atoms with Crippen molar-refractivity contribution in [3.8, 4) is 5.75 Å². The number of amides is 1. The van der Waals surface area contributed by atoms with Crippen molar-refractivity contribution >= 4 is 17.7 Å². The molecule has 1 unspecified atom stereocenters. The number of para-hydroxylation sites is 1. The Balaban J connectivity index is 1.66. The van der Waals surface area contributed by atoms with Crippen LogP contribution in [0.4, 0.5) is 4.39 Å². The molecule has 2 aromatic carbocycles. The Morgan fingerprint density at radius 1 is 1.21 bits per heavy atom. The van der Waals surface area contributed by atoms with Gasteiger partial charge in [0.1, 0.15) is 18.2 Å². The van der Waals surface area contributed by atoms with E-state index in [0.29, 0.717) is 18.1 Å². The van der Waals surface area contributed by atoms with Gasteiger partial charge < -0.3 is 10.1 Å². The van der Waals surface area contributed by atoms with E-state index in [9.17, 15) is 9.18 Å². The highest BCUT2D eigenvalue weighted by Gasteiger charge is 2.09. The van der Waals surface area contributed by atoms with E-state index in [1.807, 2.05) is 38.1 Å². The van der Waals surface area contributed by atoms with Gasteiger partial charge in [0.15, 0.2) is 0 Å². The Labute approximate surface area is 146 Å². The van der Waals surface area contributed by atoms with Gasteiger partial charge in [0.25, 0.3) is 0 Å². The molecule has 0 saturated carbocycles. The molecule has 128 valence electrons. The van der Waals surface area contributed by atoms with E-state index in [2.05, 4.69) is 5.32 Å². The van der Waals surface area contributed by atoms with E-state index in [1.54, 1.807) is 12.1 Å². The van der Waals surface area contributed by atoms with Gasteiger partial charge >= 0.3 is 0 Å². The van der Waals surface area contributed by atoms with Crippen LogP contribution in [0.1, 0.15) is 18.1 Å². The standard InChI is InChI=1S/C19H22FNO2S/c1-14-5-3-4-6-18(14)23-11-15(2)21-19(22)13-24-12-16-7-9-17(20)10-8-16/h3-10,15H,11-13H2,1-2H3,(H,21,22). The van der Waals surface area contributed by atoms with Gasteiger partial charge in [-0.15, -0.1) is 11.8 Å². The molecular weight excluding hydrogens is 325 g/mol. The van der Waals surface area contributed by atoms with Gasteiger partial charge in [-0.3, -0.25) is 4.79 Å². The molecule has 0 aliphatic carbocycles. The topological polar surface area (TPSA) is 38.3 Å². The molecule has 0 aliphatic rings. The predicted octanol–water partition coefficient (Wildman–Crippen LogP) is 3.95. The fourth-order valence-electron chi connectivity index (χ4n) is 2.13. The van der Waals surface area contributed by atoms with Gasteiger partial charge in [0.2, 0.25) is 5.91 Å². The van der Waals surface area contributed by atoms with Crippen LogP contribution in [0.25, 0.3) is 0 Å². The van der Waals surface area contributed by atoms with E-state index < -0.39 is 0 Å². The van der Waals surface area contributed by atoms with Crippen LogP contribution in [0, 0.1) is 12.7 Å². The zero-order valence-corrected chi connectivity index (χ0v) is 14.7. The maximum absolute atomic E-state index is 12.8. The Bertz CT molecular complexity index is 661. The number of carbonyl (C=O) groups excluding carboxylic acids is 1. The first-order valence-corrected chi connectivity index (χ1v) is 9.00. The van der Waals surface area contributed by atoms with Gasteiger partial charge in [0, 0.05) is 5.75 Å². The van der Waals surface area contributed by atoms with Crippen molar-refractivity contribution in [3.05, 3.63) is 65.5 Å². The molecule has 24 heavy (non-hydrogen) atoms. The third-order valence-electron chi connectivity index (χ3n) is 3.40. The first-order chi connectivity index (χ1) is 11.5. The zero-order chi connectivity index (χ0) is 17.4. The number of thioether (sulfide) groups is 1.